The Morgan fingerprint density at radius 2 is 1.16 bits per heavy atom. The summed E-state index contributed by atoms with van der Waals surface area (Å²) >= 11 is 6.92. The van der Waals surface area contributed by atoms with Gasteiger partial charge in [0.2, 0.25) is 11.8 Å². The van der Waals surface area contributed by atoms with Gasteiger partial charge in [-0.3, -0.25) is 9.97 Å². The molecule has 0 radical (unpaired) electrons. The molecule has 274 valence electrons. The molecule has 0 fully saturated rings. The maximum absolute atomic E-state index is 11.9. The minimum absolute atomic E-state index is 0.0308. The van der Waals surface area contributed by atoms with Crippen molar-refractivity contribution in [2.45, 2.75) is 0 Å². The van der Waals surface area contributed by atoms with E-state index in [9.17, 15) is 24.9 Å². The third-order valence-corrected chi connectivity index (χ3v) is 9.21. The number of hydrogen-bond acceptors (Lipinski definition) is 12. The Morgan fingerprint density at radius 3 is 1.62 bits per heavy atom. The number of aromatic nitrogens is 4. The van der Waals surface area contributed by atoms with Crippen LogP contribution < -0.4 is 15.4 Å². The summed E-state index contributed by atoms with van der Waals surface area (Å²) in [7, 11) is 1.43. The number of carbonyl (C=O) groups is 2. The quantitative estimate of drug-likeness (QED) is 0.0916. The zero-order valence-electron chi connectivity index (χ0n) is 28.3. The molecule has 4 aromatic heterocycles. The van der Waals surface area contributed by atoms with Crippen molar-refractivity contribution in [3.63, 3.8) is 0 Å². The number of carboxylic acid groups (broad SMARTS) is 2. The van der Waals surface area contributed by atoms with Crippen molar-refractivity contribution in [1.29, 1.82) is 0 Å². The summed E-state index contributed by atoms with van der Waals surface area (Å²) in [6, 6.07) is 20.7. The van der Waals surface area contributed by atoms with Gasteiger partial charge in [0.05, 0.1) is 64.4 Å². The number of methoxy groups -OCH3 is 1. The number of nitrogens with one attached hydrogen (secondary N) is 2. The lowest BCUT2D eigenvalue weighted by atomic mass is 10.1. The summed E-state index contributed by atoms with van der Waals surface area (Å²) in [5, 5.41) is 37.0. The van der Waals surface area contributed by atoms with E-state index in [0.717, 1.165) is 25.2 Å². The van der Waals surface area contributed by atoms with Crippen LogP contribution >= 0.6 is 31.9 Å². The molecule has 0 aliphatic carbocycles. The lowest BCUT2D eigenvalue weighted by Gasteiger charge is -2.16. The molecule has 0 aliphatic rings. The van der Waals surface area contributed by atoms with Gasteiger partial charge in [-0.05, 0) is 60.7 Å². The van der Waals surface area contributed by atoms with Crippen LogP contribution in [0.5, 0.6) is 11.5 Å². The average Bonchev–Trinajstić information content (AvgIpc) is 3.91. The van der Waals surface area contributed by atoms with Crippen molar-refractivity contribution in [3.05, 3.63) is 130 Å². The number of fused-ring (bicyclic) bond motifs is 2. The van der Waals surface area contributed by atoms with Crippen LogP contribution in [0.1, 0.15) is 20.7 Å². The Bertz CT molecular complexity index is 2710. The first-order valence-electron chi connectivity index (χ1n) is 16.1. The first-order valence-corrected chi connectivity index (χ1v) is 17.7. The smallest absolute Gasteiger partial charge is 0.341 e. The Kier molecular flexibility index (Phi) is 10.4. The highest BCUT2D eigenvalue weighted by Gasteiger charge is 2.22. The fourth-order valence-electron chi connectivity index (χ4n) is 5.80. The standard InChI is InChI=1S/C20H14BrN3O4.C19H12BrN3O4/c1-27-16-4-2-3-15(17(16)20(25)26)24-18-12-9-11(21)5-6-14(12)23-10-13(18)19-22-7-8-28-19;20-10-4-5-13-11(8-10)17(12(9-22-13)18-21-6-7-27-18)23-14-2-1-3-15(24)16(14)19(25)26/h2-10H,1H3,(H,23,24)(H,25,26);1-9,24H,(H,22,23)(H,25,26). The number of phenols is 1. The number of nitrogens with zero attached hydrogens (tertiary/aromatic N) is 4. The largest absolute Gasteiger partial charge is 0.507 e. The van der Waals surface area contributed by atoms with Gasteiger partial charge < -0.3 is 39.5 Å². The van der Waals surface area contributed by atoms with E-state index in [1.165, 1.54) is 31.9 Å². The second-order valence-electron chi connectivity index (χ2n) is 11.5. The van der Waals surface area contributed by atoms with Crippen molar-refractivity contribution >= 4 is 88.4 Å². The molecule has 55 heavy (non-hydrogen) atoms. The Hall–Kier alpha value is -6.78. The first-order chi connectivity index (χ1) is 26.6. The molecule has 4 heterocycles. The molecule has 16 heteroatoms. The molecule has 0 bridgehead atoms. The molecule has 0 saturated carbocycles. The number of halogens is 2. The number of aromatic carboxylic acids is 2. The van der Waals surface area contributed by atoms with E-state index in [-0.39, 0.29) is 28.3 Å². The van der Waals surface area contributed by atoms with Gasteiger partial charge in [-0.15, -0.1) is 0 Å². The van der Waals surface area contributed by atoms with Crippen LogP contribution in [0.15, 0.2) is 128 Å². The van der Waals surface area contributed by atoms with Crippen molar-refractivity contribution in [1.82, 2.24) is 19.9 Å². The van der Waals surface area contributed by atoms with Crippen LogP contribution in [0.25, 0.3) is 44.7 Å². The molecular formula is C39H26Br2N6O8. The lowest BCUT2D eigenvalue weighted by molar-refractivity contribution is 0.0683. The topological polar surface area (TPSA) is 206 Å². The van der Waals surface area contributed by atoms with Crippen LogP contribution in [0.2, 0.25) is 0 Å². The number of oxazole rings is 2. The predicted molar refractivity (Wildman–Crippen MR) is 211 cm³/mol. The van der Waals surface area contributed by atoms with E-state index in [2.05, 4.69) is 62.4 Å². The highest BCUT2D eigenvalue weighted by atomic mass is 79.9. The third-order valence-electron chi connectivity index (χ3n) is 8.22. The number of ether oxygens (including phenoxy) is 1. The van der Waals surface area contributed by atoms with Gasteiger partial charge in [-0.25, -0.2) is 19.6 Å². The summed E-state index contributed by atoms with van der Waals surface area (Å²) in [5.41, 5.74) is 4.23. The maximum Gasteiger partial charge on any atom is 0.341 e. The molecule has 8 aromatic rings. The molecule has 4 aromatic carbocycles. The highest BCUT2D eigenvalue weighted by Crippen LogP contribution is 2.40. The number of anilines is 4. The van der Waals surface area contributed by atoms with E-state index in [0.29, 0.717) is 45.5 Å². The summed E-state index contributed by atoms with van der Waals surface area (Å²) in [4.78, 5) is 40.7. The van der Waals surface area contributed by atoms with Crippen molar-refractivity contribution in [3.8, 4) is 34.4 Å². The highest BCUT2D eigenvalue weighted by molar-refractivity contribution is 9.10. The lowest BCUT2D eigenvalue weighted by Crippen LogP contribution is -2.06. The number of hydrogen-bond donors (Lipinski definition) is 5. The van der Waals surface area contributed by atoms with E-state index >= 15 is 0 Å². The van der Waals surface area contributed by atoms with Gasteiger partial charge in [0.25, 0.3) is 0 Å². The van der Waals surface area contributed by atoms with Gasteiger partial charge in [0.15, 0.2) is 0 Å². The number of carboxylic acids is 2. The monoisotopic (exact) mass is 864 g/mol. The Labute approximate surface area is 327 Å². The summed E-state index contributed by atoms with van der Waals surface area (Å²) in [5.74, 6) is -1.70. The molecule has 0 aliphatic heterocycles. The fraction of sp³-hybridized carbons (Fsp3) is 0.0256. The summed E-state index contributed by atoms with van der Waals surface area (Å²) in [6.45, 7) is 0. The first kappa shape index (κ1) is 36.6. The molecule has 14 nitrogen and oxygen atoms in total. The van der Waals surface area contributed by atoms with E-state index in [4.69, 9.17) is 13.6 Å². The van der Waals surface area contributed by atoms with Crippen LogP contribution in [0.4, 0.5) is 22.7 Å². The minimum Gasteiger partial charge on any atom is -0.507 e. The normalized spacial score (nSPS) is 10.8. The zero-order chi connectivity index (χ0) is 38.6. The van der Waals surface area contributed by atoms with Gasteiger partial charge in [-0.2, -0.15) is 0 Å². The number of aromatic hydroxyl groups is 1. The molecule has 8 rings (SSSR count). The van der Waals surface area contributed by atoms with Crippen molar-refractivity contribution in [2.75, 3.05) is 17.7 Å². The second-order valence-corrected chi connectivity index (χ2v) is 13.4. The van der Waals surface area contributed by atoms with Gasteiger partial charge in [-0.1, -0.05) is 44.0 Å². The average molecular weight is 866 g/mol. The molecule has 0 unspecified atom stereocenters. The molecule has 5 N–H and O–H groups in total. The van der Waals surface area contributed by atoms with Gasteiger partial charge in [0, 0.05) is 32.1 Å². The SMILES string of the molecule is COc1cccc(Nc2c(-c3ncco3)cnc3ccc(Br)cc23)c1C(=O)O.O=C(O)c1c(O)cccc1Nc1c(-c2ncco2)cnc2ccc(Br)cc12. The predicted octanol–water partition coefficient (Wildman–Crippen LogP) is 9.90. The van der Waals surface area contributed by atoms with E-state index < -0.39 is 11.9 Å². The number of benzene rings is 4. The molecular weight excluding hydrogens is 840 g/mol. The third kappa shape index (κ3) is 7.53. The fourth-order valence-corrected chi connectivity index (χ4v) is 6.52. The number of pyridine rings is 2. The van der Waals surface area contributed by atoms with E-state index in [1.54, 1.807) is 48.9 Å². The van der Waals surface area contributed by atoms with Crippen LogP contribution in [0.3, 0.4) is 0 Å². The van der Waals surface area contributed by atoms with Crippen molar-refractivity contribution < 1.29 is 38.5 Å². The molecule has 0 spiro atoms. The van der Waals surface area contributed by atoms with Crippen molar-refractivity contribution in [2.24, 2.45) is 0 Å². The Balaban J connectivity index is 0.000000169. The zero-order valence-corrected chi connectivity index (χ0v) is 31.5. The molecule has 0 saturated heterocycles. The van der Waals surface area contributed by atoms with Gasteiger partial charge in [0.1, 0.15) is 35.2 Å². The Morgan fingerprint density at radius 1 is 0.673 bits per heavy atom. The van der Waals surface area contributed by atoms with Crippen LogP contribution in [0, 0.1) is 0 Å². The molecule has 0 atom stereocenters. The molecule has 0 amide bonds. The van der Waals surface area contributed by atoms with E-state index in [1.807, 2.05) is 36.4 Å². The minimum atomic E-state index is -1.24. The summed E-state index contributed by atoms with van der Waals surface area (Å²) < 4.78 is 17.8. The van der Waals surface area contributed by atoms with Crippen LogP contribution in [-0.4, -0.2) is 54.3 Å². The van der Waals surface area contributed by atoms with Gasteiger partial charge >= 0.3 is 11.9 Å². The van der Waals surface area contributed by atoms with Crippen LogP contribution in [-0.2, 0) is 0 Å². The summed E-state index contributed by atoms with van der Waals surface area (Å²) in [6.07, 6.45) is 9.22. The number of rotatable bonds is 9. The maximum atomic E-state index is 11.9. The second kappa shape index (κ2) is 15.7.